The molecule has 8 heteroatoms. The molecule has 18 heavy (non-hydrogen) atoms. The second-order valence-electron chi connectivity index (χ2n) is 4.24. The molecule has 0 saturated carbocycles. The predicted octanol–water partition coefficient (Wildman–Crippen LogP) is 1.46. The van der Waals surface area contributed by atoms with Gasteiger partial charge in [-0.25, -0.2) is 0 Å². The van der Waals surface area contributed by atoms with E-state index < -0.39 is 31.0 Å². The summed E-state index contributed by atoms with van der Waals surface area (Å²) in [6.07, 6.45) is -4.08. The average molecular weight is 267 g/mol. The van der Waals surface area contributed by atoms with E-state index in [1.54, 1.807) is 0 Å². The van der Waals surface area contributed by atoms with Gasteiger partial charge < -0.3 is 15.8 Å². The van der Waals surface area contributed by atoms with Gasteiger partial charge in [0, 0.05) is 13.0 Å². The second kappa shape index (κ2) is 5.92. The lowest BCUT2D eigenvalue weighted by Gasteiger charge is -2.35. The highest BCUT2D eigenvalue weighted by Crippen LogP contribution is 2.24. The minimum Gasteiger partial charge on any atom is -0.409 e. The summed E-state index contributed by atoms with van der Waals surface area (Å²) in [6.45, 7) is 0.345. The summed E-state index contributed by atoms with van der Waals surface area (Å²) in [5, 5.41) is 11.4. The standard InChI is InChI=1S/C10H16F3N3O2/c11-10(12,13)5-4-8(17)16-6-2-1-3-7(16)9(14)15-18/h7,18H,1-6H2,(H2,14,15). The van der Waals surface area contributed by atoms with Crippen molar-refractivity contribution < 1.29 is 23.2 Å². The summed E-state index contributed by atoms with van der Waals surface area (Å²) in [6, 6.07) is -0.593. The molecule has 104 valence electrons. The molecule has 0 aliphatic carbocycles. The molecule has 5 nitrogen and oxygen atoms in total. The Morgan fingerprint density at radius 1 is 1.44 bits per heavy atom. The number of rotatable bonds is 3. The molecule has 0 radical (unpaired) electrons. The number of hydrogen-bond acceptors (Lipinski definition) is 3. The lowest BCUT2D eigenvalue weighted by molar-refractivity contribution is -0.150. The van der Waals surface area contributed by atoms with Crippen LogP contribution in [-0.2, 0) is 4.79 Å². The minimum atomic E-state index is -4.35. The zero-order chi connectivity index (χ0) is 13.8. The molecule has 1 aliphatic heterocycles. The zero-order valence-electron chi connectivity index (χ0n) is 9.78. The molecule has 1 fully saturated rings. The third-order valence-corrected chi connectivity index (χ3v) is 2.90. The number of halogens is 3. The number of amidine groups is 1. The van der Waals surface area contributed by atoms with Crippen molar-refractivity contribution in [2.45, 2.75) is 44.3 Å². The van der Waals surface area contributed by atoms with Gasteiger partial charge in [0.2, 0.25) is 5.91 Å². The van der Waals surface area contributed by atoms with Gasteiger partial charge in [-0.3, -0.25) is 4.79 Å². The summed E-state index contributed by atoms with van der Waals surface area (Å²) in [7, 11) is 0. The molecule has 0 bridgehead atoms. The SMILES string of the molecule is NC(=NO)C1CCCCN1C(=O)CCC(F)(F)F. The van der Waals surface area contributed by atoms with Crippen molar-refractivity contribution >= 4 is 11.7 Å². The first-order chi connectivity index (χ1) is 8.35. The fraction of sp³-hybridized carbons (Fsp3) is 0.800. The molecule has 1 amide bonds. The van der Waals surface area contributed by atoms with Crippen LogP contribution in [-0.4, -0.2) is 40.6 Å². The van der Waals surface area contributed by atoms with Gasteiger partial charge in [0.25, 0.3) is 0 Å². The summed E-state index contributed by atoms with van der Waals surface area (Å²) in [4.78, 5) is 13.0. The summed E-state index contributed by atoms with van der Waals surface area (Å²) in [5.41, 5.74) is 5.44. The molecule has 1 heterocycles. The Morgan fingerprint density at radius 2 is 2.11 bits per heavy atom. The first kappa shape index (κ1) is 14.6. The molecule has 0 aromatic carbocycles. The molecule has 1 rings (SSSR count). The quantitative estimate of drug-likeness (QED) is 0.351. The lowest BCUT2D eigenvalue weighted by atomic mass is 10.0. The maximum Gasteiger partial charge on any atom is 0.389 e. The van der Waals surface area contributed by atoms with Gasteiger partial charge in [-0.2, -0.15) is 13.2 Å². The van der Waals surface area contributed by atoms with Gasteiger partial charge in [0.05, 0.1) is 12.5 Å². The molecule has 1 unspecified atom stereocenters. The number of alkyl halides is 3. The van der Waals surface area contributed by atoms with E-state index in [1.807, 2.05) is 0 Å². The number of nitrogens with zero attached hydrogens (tertiary/aromatic N) is 2. The van der Waals surface area contributed by atoms with Crippen molar-refractivity contribution in [3.05, 3.63) is 0 Å². The number of amides is 1. The molecule has 1 atom stereocenters. The molecule has 0 aromatic heterocycles. The number of carbonyl (C=O) groups is 1. The van der Waals surface area contributed by atoms with Crippen molar-refractivity contribution in [1.82, 2.24) is 4.90 Å². The Morgan fingerprint density at radius 3 is 2.67 bits per heavy atom. The summed E-state index contributed by atoms with van der Waals surface area (Å²) in [5.74, 6) is -0.737. The van der Waals surface area contributed by atoms with Gasteiger partial charge >= 0.3 is 6.18 Å². The largest absolute Gasteiger partial charge is 0.409 e. The highest BCUT2D eigenvalue weighted by Gasteiger charge is 2.33. The van der Waals surface area contributed by atoms with E-state index in [9.17, 15) is 18.0 Å². The summed E-state index contributed by atoms with van der Waals surface area (Å²) >= 11 is 0. The molecule has 0 aromatic rings. The van der Waals surface area contributed by atoms with Crippen molar-refractivity contribution in [3.63, 3.8) is 0 Å². The van der Waals surface area contributed by atoms with Crippen LogP contribution in [0.2, 0.25) is 0 Å². The van der Waals surface area contributed by atoms with Gasteiger partial charge in [0.15, 0.2) is 5.84 Å². The van der Waals surface area contributed by atoms with E-state index in [0.717, 1.165) is 6.42 Å². The molecule has 1 aliphatic rings. The molecule has 1 saturated heterocycles. The maximum atomic E-state index is 12.0. The van der Waals surface area contributed by atoms with Gasteiger partial charge in [-0.1, -0.05) is 5.16 Å². The zero-order valence-corrected chi connectivity index (χ0v) is 9.78. The van der Waals surface area contributed by atoms with E-state index in [2.05, 4.69) is 5.16 Å². The van der Waals surface area contributed by atoms with Crippen LogP contribution in [0.15, 0.2) is 5.16 Å². The maximum absolute atomic E-state index is 12.0. The van der Waals surface area contributed by atoms with Crippen LogP contribution in [0, 0.1) is 0 Å². The van der Waals surface area contributed by atoms with Crippen LogP contribution in [0.25, 0.3) is 0 Å². The number of hydrogen-bond donors (Lipinski definition) is 2. The summed E-state index contributed by atoms with van der Waals surface area (Å²) < 4.78 is 36.1. The smallest absolute Gasteiger partial charge is 0.389 e. The first-order valence-corrected chi connectivity index (χ1v) is 5.69. The predicted molar refractivity (Wildman–Crippen MR) is 58.0 cm³/mol. The third-order valence-electron chi connectivity index (χ3n) is 2.90. The molecule has 3 N–H and O–H groups in total. The lowest BCUT2D eigenvalue weighted by Crippen LogP contribution is -2.50. The first-order valence-electron chi connectivity index (χ1n) is 5.69. The van der Waals surface area contributed by atoms with Crippen molar-refractivity contribution in [3.8, 4) is 0 Å². The van der Waals surface area contributed by atoms with E-state index >= 15 is 0 Å². The monoisotopic (exact) mass is 267 g/mol. The third kappa shape index (κ3) is 4.08. The Labute approximate surface area is 102 Å². The number of piperidine rings is 1. The van der Waals surface area contributed by atoms with E-state index in [4.69, 9.17) is 10.9 Å². The van der Waals surface area contributed by atoms with Crippen molar-refractivity contribution in [2.75, 3.05) is 6.54 Å². The van der Waals surface area contributed by atoms with E-state index in [0.29, 0.717) is 19.4 Å². The number of oxime groups is 1. The Kier molecular flexibility index (Phi) is 4.80. The Bertz CT molecular complexity index is 331. The Balaban J connectivity index is 2.63. The normalized spacial score (nSPS) is 22.1. The molecular weight excluding hydrogens is 251 g/mol. The minimum absolute atomic E-state index is 0.130. The number of carbonyl (C=O) groups excluding carboxylic acids is 1. The van der Waals surface area contributed by atoms with Crippen LogP contribution in [0.1, 0.15) is 32.1 Å². The van der Waals surface area contributed by atoms with Gasteiger partial charge in [-0.15, -0.1) is 0 Å². The van der Waals surface area contributed by atoms with Gasteiger partial charge in [-0.05, 0) is 19.3 Å². The van der Waals surface area contributed by atoms with Crippen LogP contribution in [0.5, 0.6) is 0 Å². The number of likely N-dealkylation sites (tertiary alicyclic amines) is 1. The van der Waals surface area contributed by atoms with Crippen LogP contribution in [0.3, 0.4) is 0 Å². The molecular formula is C10H16F3N3O2. The van der Waals surface area contributed by atoms with Crippen molar-refractivity contribution in [1.29, 1.82) is 0 Å². The fourth-order valence-corrected chi connectivity index (χ4v) is 2.00. The average Bonchev–Trinajstić information content (AvgIpc) is 2.34. The van der Waals surface area contributed by atoms with Gasteiger partial charge in [0.1, 0.15) is 0 Å². The van der Waals surface area contributed by atoms with Crippen molar-refractivity contribution in [2.24, 2.45) is 10.9 Å². The fourth-order valence-electron chi connectivity index (χ4n) is 2.00. The van der Waals surface area contributed by atoms with E-state index in [-0.39, 0.29) is 5.84 Å². The van der Waals surface area contributed by atoms with Crippen LogP contribution in [0.4, 0.5) is 13.2 Å². The highest BCUT2D eigenvalue weighted by molar-refractivity contribution is 5.90. The highest BCUT2D eigenvalue weighted by atomic mass is 19.4. The molecule has 0 spiro atoms. The Hall–Kier alpha value is -1.47. The number of nitrogens with two attached hydrogens (primary N) is 1. The second-order valence-corrected chi connectivity index (χ2v) is 4.24. The van der Waals surface area contributed by atoms with Crippen LogP contribution < -0.4 is 5.73 Å². The van der Waals surface area contributed by atoms with E-state index in [1.165, 1.54) is 4.90 Å². The van der Waals surface area contributed by atoms with Crippen LogP contribution >= 0.6 is 0 Å². The topological polar surface area (TPSA) is 78.9 Å².